The maximum atomic E-state index is 12.9. The summed E-state index contributed by atoms with van der Waals surface area (Å²) >= 11 is 0. The first-order valence-corrected chi connectivity index (χ1v) is 9.96. The molecule has 1 aromatic heterocycles. The van der Waals surface area contributed by atoms with E-state index in [-0.39, 0.29) is 5.69 Å². The molecule has 3 aromatic carbocycles. The Bertz CT molecular complexity index is 1140. The summed E-state index contributed by atoms with van der Waals surface area (Å²) in [7, 11) is 4.03. The van der Waals surface area contributed by atoms with Gasteiger partial charge in [0.1, 0.15) is 12.4 Å². The molecule has 152 valence electrons. The second-order valence-electron chi connectivity index (χ2n) is 7.38. The van der Waals surface area contributed by atoms with Crippen LogP contribution in [0, 0.1) is 0 Å². The molecule has 4 aromatic rings. The van der Waals surface area contributed by atoms with Crippen molar-refractivity contribution in [3.8, 4) is 28.3 Å². The van der Waals surface area contributed by atoms with Crippen molar-refractivity contribution in [2.45, 2.75) is 0 Å². The van der Waals surface area contributed by atoms with Crippen LogP contribution in [0.1, 0.15) is 0 Å². The zero-order valence-corrected chi connectivity index (χ0v) is 17.2. The van der Waals surface area contributed by atoms with Crippen LogP contribution in [-0.4, -0.2) is 41.3 Å². The number of likely N-dealkylation sites (N-methyl/N-ethyl adjacent to an activating group) is 1. The van der Waals surface area contributed by atoms with Crippen LogP contribution >= 0.6 is 0 Å². The van der Waals surface area contributed by atoms with Gasteiger partial charge in [-0.15, -0.1) is 0 Å². The van der Waals surface area contributed by atoms with Gasteiger partial charge in [-0.1, -0.05) is 42.5 Å². The summed E-state index contributed by atoms with van der Waals surface area (Å²) < 4.78 is 9.01. The number of ether oxygens (including phenoxy) is 1. The molecule has 0 N–H and O–H groups in total. The van der Waals surface area contributed by atoms with E-state index in [9.17, 15) is 4.79 Å². The van der Waals surface area contributed by atoms with E-state index in [0.29, 0.717) is 6.61 Å². The van der Waals surface area contributed by atoms with Crippen LogP contribution in [0.3, 0.4) is 0 Å². The molecule has 0 atom stereocenters. The van der Waals surface area contributed by atoms with E-state index < -0.39 is 0 Å². The molecule has 1 heterocycles. The Kier molecular flexibility index (Phi) is 5.82. The molecule has 0 saturated heterocycles. The monoisotopic (exact) mass is 399 g/mol. The van der Waals surface area contributed by atoms with Crippen molar-refractivity contribution in [3.05, 3.63) is 102 Å². The molecule has 0 aliphatic carbocycles. The minimum atomic E-state index is -0.108. The van der Waals surface area contributed by atoms with Gasteiger partial charge < -0.3 is 9.64 Å². The third-order valence-electron chi connectivity index (χ3n) is 4.95. The number of nitrogens with zero attached hydrogens (tertiary/aromatic N) is 3. The Morgan fingerprint density at radius 1 is 0.733 bits per heavy atom. The SMILES string of the molecule is CN(C)CCOc1ccc(-n2ccn(-c3ccc(-c4ccccc4)cc3)c2=O)cc1. The first kappa shape index (κ1) is 19.7. The Morgan fingerprint density at radius 3 is 1.83 bits per heavy atom. The van der Waals surface area contributed by atoms with Gasteiger partial charge in [0.05, 0.1) is 11.4 Å². The molecule has 0 saturated carbocycles. The third-order valence-corrected chi connectivity index (χ3v) is 4.95. The molecule has 0 radical (unpaired) electrons. The van der Waals surface area contributed by atoms with E-state index in [1.54, 1.807) is 21.5 Å². The van der Waals surface area contributed by atoms with Crippen LogP contribution in [-0.2, 0) is 0 Å². The number of aromatic nitrogens is 2. The van der Waals surface area contributed by atoms with E-state index in [1.807, 2.05) is 80.8 Å². The Morgan fingerprint density at radius 2 is 1.27 bits per heavy atom. The fourth-order valence-corrected chi connectivity index (χ4v) is 3.26. The summed E-state index contributed by atoms with van der Waals surface area (Å²) in [5, 5.41) is 0. The standard InChI is InChI=1S/C25H25N3O2/c1-26(2)18-19-30-24-14-12-23(13-15-24)28-17-16-27(25(28)29)22-10-8-21(9-11-22)20-6-4-3-5-7-20/h3-17H,18-19H2,1-2H3. The highest BCUT2D eigenvalue weighted by molar-refractivity contribution is 5.64. The van der Waals surface area contributed by atoms with Crippen molar-refractivity contribution in [2.24, 2.45) is 0 Å². The van der Waals surface area contributed by atoms with Crippen LogP contribution in [0.4, 0.5) is 0 Å². The van der Waals surface area contributed by atoms with E-state index in [0.717, 1.165) is 34.8 Å². The lowest BCUT2D eigenvalue weighted by Gasteiger charge is -2.11. The van der Waals surface area contributed by atoms with E-state index in [4.69, 9.17) is 4.74 Å². The van der Waals surface area contributed by atoms with E-state index in [1.165, 1.54) is 0 Å². The van der Waals surface area contributed by atoms with Crippen LogP contribution in [0.25, 0.3) is 22.5 Å². The lowest BCUT2D eigenvalue weighted by Crippen LogP contribution is -2.21. The van der Waals surface area contributed by atoms with Crippen LogP contribution < -0.4 is 10.4 Å². The number of hydrogen-bond donors (Lipinski definition) is 0. The maximum absolute atomic E-state index is 12.9. The molecule has 5 nitrogen and oxygen atoms in total. The highest BCUT2D eigenvalue weighted by Gasteiger charge is 2.08. The molecule has 0 unspecified atom stereocenters. The molecule has 0 fully saturated rings. The minimum Gasteiger partial charge on any atom is -0.492 e. The highest BCUT2D eigenvalue weighted by Crippen LogP contribution is 2.20. The predicted molar refractivity (Wildman–Crippen MR) is 121 cm³/mol. The summed E-state index contributed by atoms with van der Waals surface area (Å²) in [6.45, 7) is 1.48. The van der Waals surface area contributed by atoms with Crippen molar-refractivity contribution in [1.82, 2.24) is 14.0 Å². The van der Waals surface area contributed by atoms with Gasteiger partial charge in [0.2, 0.25) is 0 Å². The number of hydrogen-bond acceptors (Lipinski definition) is 3. The number of rotatable bonds is 7. The second kappa shape index (κ2) is 8.84. The van der Waals surface area contributed by atoms with Crippen LogP contribution in [0.5, 0.6) is 5.75 Å². The van der Waals surface area contributed by atoms with Crippen LogP contribution in [0.2, 0.25) is 0 Å². The van der Waals surface area contributed by atoms with Crippen molar-refractivity contribution in [3.63, 3.8) is 0 Å². The van der Waals surface area contributed by atoms with Crippen molar-refractivity contribution in [2.75, 3.05) is 27.2 Å². The fraction of sp³-hybridized carbons (Fsp3) is 0.160. The van der Waals surface area contributed by atoms with Gasteiger partial charge in [-0.2, -0.15) is 0 Å². The third kappa shape index (κ3) is 4.36. The first-order chi connectivity index (χ1) is 14.6. The topological polar surface area (TPSA) is 39.4 Å². The average Bonchev–Trinajstić information content (AvgIpc) is 3.16. The minimum absolute atomic E-state index is 0.108. The molecular formula is C25H25N3O2. The zero-order chi connectivity index (χ0) is 20.9. The fourth-order valence-electron chi connectivity index (χ4n) is 3.26. The lowest BCUT2D eigenvalue weighted by molar-refractivity contribution is 0.261. The lowest BCUT2D eigenvalue weighted by atomic mass is 10.1. The Labute approximate surface area is 176 Å². The molecule has 0 spiro atoms. The van der Waals surface area contributed by atoms with Gasteiger partial charge in [-0.3, -0.25) is 9.13 Å². The molecule has 0 aliphatic heterocycles. The summed E-state index contributed by atoms with van der Waals surface area (Å²) in [6, 6.07) is 25.8. The predicted octanol–water partition coefficient (Wildman–Crippen LogP) is 4.24. The maximum Gasteiger partial charge on any atom is 0.337 e. The normalized spacial score (nSPS) is 11.0. The van der Waals surface area contributed by atoms with Crippen molar-refractivity contribution in [1.29, 1.82) is 0 Å². The van der Waals surface area contributed by atoms with Gasteiger partial charge >= 0.3 is 5.69 Å². The van der Waals surface area contributed by atoms with E-state index >= 15 is 0 Å². The second-order valence-corrected chi connectivity index (χ2v) is 7.38. The smallest absolute Gasteiger partial charge is 0.337 e. The van der Waals surface area contributed by atoms with Gasteiger partial charge in [-0.25, -0.2) is 4.79 Å². The Hall–Kier alpha value is -3.57. The molecule has 0 bridgehead atoms. The molecule has 30 heavy (non-hydrogen) atoms. The first-order valence-electron chi connectivity index (χ1n) is 9.96. The highest BCUT2D eigenvalue weighted by atomic mass is 16.5. The van der Waals surface area contributed by atoms with Crippen molar-refractivity contribution < 1.29 is 4.74 Å². The number of benzene rings is 3. The largest absolute Gasteiger partial charge is 0.492 e. The summed E-state index contributed by atoms with van der Waals surface area (Å²) in [5.41, 5.74) is 3.81. The van der Waals surface area contributed by atoms with Gasteiger partial charge in [0.25, 0.3) is 0 Å². The summed E-state index contributed by atoms with van der Waals surface area (Å²) in [5.74, 6) is 0.796. The van der Waals surface area contributed by atoms with Crippen LogP contribution in [0.15, 0.2) is 96.1 Å². The van der Waals surface area contributed by atoms with Crippen molar-refractivity contribution >= 4 is 0 Å². The quantitative estimate of drug-likeness (QED) is 0.467. The Balaban J connectivity index is 1.52. The summed E-state index contributed by atoms with van der Waals surface area (Å²) in [6.07, 6.45) is 3.58. The molecule has 4 rings (SSSR count). The molecule has 0 amide bonds. The summed E-state index contributed by atoms with van der Waals surface area (Å²) in [4.78, 5) is 15.0. The molecule has 5 heteroatoms. The van der Waals surface area contributed by atoms with Gasteiger partial charge in [-0.05, 0) is 61.6 Å². The average molecular weight is 399 g/mol. The van der Waals surface area contributed by atoms with Gasteiger partial charge in [0, 0.05) is 18.9 Å². The van der Waals surface area contributed by atoms with E-state index in [2.05, 4.69) is 17.0 Å². The zero-order valence-electron chi connectivity index (χ0n) is 17.2. The molecular weight excluding hydrogens is 374 g/mol. The van der Waals surface area contributed by atoms with Gasteiger partial charge in [0.15, 0.2) is 0 Å². The number of imidazole rings is 1. The molecule has 0 aliphatic rings.